The molecule has 1 rings (SSSR count). The van der Waals surface area contributed by atoms with Crippen LogP contribution in [0.15, 0.2) is 30.3 Å². The average Bonchev–Trinajstić information content (AvgIpc) is 2.36. The van der Waals surface area contributed by atoms with E-state index in [1.807, 2.05) is 0 Å². The maximum absolute atomic E-state index is 5.15. The Hall–Kier alpha value is -0.860. The zero-order valence-corrected chi connectivity index (χ0v) is 12.2. The zero-order chi connectivity index (χ0) is 13.4. The highest BCUT2D eigenvalue weighted by Crippen LogP contribution is 2.19. The van der Waals surface area contributed by atoms with E-state index in [1.165, 1.54) is 5.56 Å². The number of methoxy groups -OCH3 is 1. The van der Waals surface area contributed by atoms with Crippen LogP contribution in [0.25, 0.3) is 0 Å². The Morgan fingerprint density at radius 3 is 2.50 bits per heavy atom. The summed E-state index contributed by atoms with van der Waals surface area (Å²) in [7, 11) is 1.77. The van der Waals surface area contributed by atoms with Crippen LogP contribution in [0.2, 0.25) is 0 Å². The highest BCUT2D eigenvalue weighted by atomic mass is 16.5. The van der Waals surface area contributed by atoms with Gasteiger partial charge in [0.25, 0.3) is 0 Å². The number of hydrogen-bond donors (Lipinski definition) is 1. The lowest BCUT2D eigenvalue weighted by atomic mass is 9.89. The Labute approximate surface area is 112 Å². The van der Waals surface area contributed by atoms with Crippen LogP contribution in [0.5, 0.6) is 0 Å². The molecule has 1 aromatic rings. The zero-order valence-electron chi connectivity index (χ0n) is 12.2. The Morgan fingerprint density at radius 2 is 1.89 bits per heavy atom. The van der Waals surface area contributed by atoms with Gasteiger partial charge in [0.1, 0.15) is 0 Å². The van der Waals surface area contributed by atoms with Crippen molar-refractivity contribution in [3.05, 3.63) is 35.9 Å². The van der Waals surface area contributed by atoms with Gasteiger partial charge in [0.2, 0.25) is 0 Å². The van der Waals surface area contributed by atoms with Crippen molar-refractivity contribution in [2.45, 2.75) is 39.7 Å². The molecule has 0 saturated heterocycles. The molecule has 18 heavy (non-hydrogen) atoms. The third kappa shape index (κ3) is 6.18. The lowest BCUT2D eigenvalue weighted by Gasteiger charge is -2.27. The molecule has 0 spiro atoms. The first-order valence-corrected chi connectivity index (χ1v) is 6.80. The third-order valence-electron chi connectivity index (χ3n) is 3.30. The molecule has 1 aromatic carbocycles. The molecule has 0 saturated carbocycles. The summed E-state index contributed by atoms with van der Waals surface area (Å²) in [6.45, 7) is 8.69. The van der Waals surface area contributed by atoms with Crippen molar-refractivity contribution in [2.75, 3.05) is 20.3 Å². The van der Waals surface area contributed by atoms with Gasteiger partial charge < -0.3 is 10.1 Å². The fourth-order valence-electron chi connectivity index (χ4n) is 1.96. The molecule has 0 aromatic heterocycles. The van der Waals surface area contributed by atoms with Gasteiger partial charge in [0.15, 0.2) is 0 Å². The molecule has 1 atom stereocenters. The van der Waals surface area contributed by atoms with E-state index < -0.39 is 0 Å². The first kappa shape index (κ1) is 15.2. The van der Waals surface area contributed by atoms with Gasteiger partial charge in [0.05, 0.1) is 0 Å². The molecule has 0 aliphatic carbocycles. The molecule has 1 unspecified atom stereocenters. The Kier molecular flexibility index (Phi) is 6.37. The maximum Gasteiger partial charge on any atom is 0.0467 e. The first-order chi connectivity index (χ1) is 8.53. The molecule has 0 heterocycles. The molecule has 0 amide bonds. The van der Waals surface area contributed by atoms with Crippen molar-refractivity contribution < 1.29 is 4.74 Å². The molecule has 0 bridgehead atoms. The van der Waals surface area contributed by atoms with Crippen molar-refractivity contribution in [3.63, 3.8) is 0 Å². The molecule has 0 aliphatic rings. The quantitative estimate of drug-likeness (QED) is 0.763. The summed E-state index contributed by atoms with van der Waals surface area (Å²) in [5.74, 6) is 0. The van der Waals surface area contributed by atoms with Crippen molar-refractivity contribution in [2.24, 2.45) is 5.41 Å². The Morgan fingerprint density at radius 1 is 1.22 bits per heavy atom. The third-order valence-corrected chi connectivity index (χ3v) is 3.30. The summed E-state index contributed by atoms with van der Waals surface area (Å²) in [5, 5.41) is 3.62. The van der Waals surface area contributed by atoms with Gasteiger partial charge in [-0.1, -0.05) is 44.2 Å². The van der Waals surface area contributed by atoms with Crippen LogP contribution >= 0.6 is 0 Å². The van der Waals surface area contributed by atoms with Gasteiger partial charge in [-0.3, -0.25) is 0 Å². The van der Waals surface area contributed by atoms with Crippen LogP contribution in [0, 0.1) is 5.41 Å². The fraction of sp³-hybridized carbons (Fsp3) is 0.625. The van der Waals surface area contributed by atoms with Crippen LogP contribution < -0.4 is 5.32 Å². The number of benzene rings is 1. The highest BCUT2D eigenvalue weighted by Gasteiger charge is 2.18. The van der Waals surface area contributed by atoms with E-state index >= 15 is 0 Å². The molecular formula is C16H27NO. The van der Waals surface area contributed by atoms with E-state index in [2.05, 4.69) is 56.4 Å². The van der Waals surface area contributed by atoms with E-state index in [1.54, 1.807) is 7.11 Å². The molecule has 2 heteroatoms. The van der Waals surface area contributed by atoms with E-state index in [4.69, 9.17) is 4.74 Å². The van der Waals surface area contributed by atoms with Gasteiger partial charge in [-0.15, -0.1) is 0 Å². The average molecular weight is 249 g/mol. The Bertz CT molecular complexity index is 321. The number of hydrogen-bond acceptors (Lipinski definition) is 2. The van der Waals surface area contributed by atoms with Crippen LogP contribution in [0.1, 0.15) is 32.8 Å². The van der Waals surface area contributed by atoms with Gasteiger partial charge in [-0.25, -0.2) is 0 Å². The smallest absolute Gasteiger partial charge is 0.0467 e. The standard InChI is InChI=1S/C16H27NO/c1-14(12-15-8-6-5-7-9-15)17-13-16(2,3)10-11-18-4/h5-9,14,17H,10-13H2,1-4H3. The van der Waals surface area contributed by atoms with Crippen LogP contribution in [0.3, 0.4) is 0 Å². The molecule has 0 aliphatic heterocycles. The predicted molar refractivity (Wildman–Crippen MR) is 77.9 cm³/mol. The summed E-state index contributed by atoms with van der Waals surface area (Å²) in [6, 6.07) is 11.2. The van der Waals surface area contributed by atoms with Crippen LogP contribution in [-0.2, 0) is 11.2 Å². The van der Waals surface area contributed by atoms with E-state index in [-0.39, 0.29) is 0 Å². The summed E-state index contributed by atoms with van der Waals surface area (Å²) in [5.41, 5.74) is 1.69. The van der Waals surface area contributed by atoms with Crippen LogP contribution in [0.4, 0.5) is 0 Å². The van der Waals surface area contributed by atoms with Crippen molar-refractivity contribution in [3.8, 4) is 0 Å². The molecule has 102 valence electrons. The first-order valence-electron chi connectivity index (χ1n) is 6.80. The molecular weight excluding hydrogens is 222 g/mol. The van der Waals surface area contributed by atoms with E-state index in [0.29, 0.717) is 11.5 Å². The highest BCUT2D eigenvalue weighted by molar-refractivity contribution is 5.15. The minimum Gasteiger partial charge on any atom is -0.385 e. The van der Waals surface area contributed by atoms with Crippen molar-refractivity contribution >= 4 is 0 Å². The SMILES string of the molecule is COCCC(C)(C)CNC(C)Cc1ccccc1. The van der Waals surface area contributed by atoms with E-state index in [0.717, 1.165) is 26.0 Å². The van der Waals surface area contributed by atoms with Crippen LogP contribution in [-0.4, -0.2) is 26.3 Å². The van der Waals surface area contributed by atoms with E-state index in [9.17, 15) is 0 Å². The summed E-state index contributed by atoms with van der Waals surface area (Å²) >= 11 is 0. The number of nitrogens with one attached hydrogen (secondary N) is 1. The maximum atomic E-state index is 5.15. The van der Waals surface area contributed by atoms with Crippen molar-refractivity contribution in [1.82, 2.24) is 5.32 Å². The second-order valence-corrected chi connectivity index (χ2v) is 5.88. The number of rotatable bonds is 8. The second kappa shape index (κ2) is 7.55. The monoisotopic (exact) mass is 249 g/mol. The molecule has 1 N–H and O–H groups in total. The lowest BCUT2D eigenvalue weighted by molar-refractivity contribution is 0.149. The van der Waals surface area contributed by atoms with Gasteiger partial charge in [0, 0.05) is 26.3 Å². The summed E-state index contributed by atoms with van der Waals surface area (Å²) in [4.78, 5) is 0. The molecule has 0 radical (unpaired) electrons. The lowest BCUT2D eigenvalue weighted by Crippen LogP contribution is -2.37. The summed E-state index contributed by atoms with van der Waals surface area (Å²) in [6.07, 6.45) is 2.18. The summed E-state index contributed by atoms with van der Waals surface area (Å²) < 4.78 is 5.15. The predicted octanol–water partition coefficient (Wildman–Crippen LogP) is 3.27. The largest absolute Gasteiger partial charge is 0.385 e. The normalized spacial score (nSPS) is 13.6. The van der Waals surface area contributed by atoms with Gasteiger partial charge in [-0.2, -0.15) is 0 Å². The minimum absolute atomic E-state index is 0.293. The number of ether oxygens (including phenoxy) is 1. The van der Waals surface area contributed by atoms with Gasteiger partial charge >= 0.3 is 0 Å². The molecule has 0 fully saturated rings. The second-order valence-electron chi connectivity index (χ2n) is 5.88. The van der Waals surface area contributed by atoms with Gasteiger partial charge in [-0.05, 0) is 30.7 Å². The fourth-order valence-corrected chi connectivity index (χ4v) is 1.96. The van der Waals surface area contributed by atoms with Crippen molar-refractivity contribution in [1.29, 1.82) is 0 Å². The molecule has 2 nitrogen and oxygen atoms in total. The minimum atomic E-state index is 0.293. The Balaban J connectivity index is 2.30. The topological polar surface area (TPSA) is 21.3 Å².